The summed E-state index contributed by atoms with van der Waals surface area (Å²) in [6.45, 7) is 1.52. The average Bonchev–Trinajstić information content (AvgIpc) is 3.21. The molecule has 2 heterocycles. The van der Waals surface area contributed by atoms with Crippen LogP contribution in [-0.4, -0.2) is 73.8 Å². The maximum Gasteiger partial charge on any atom is 0.222 e. The molecule has 6 nitrogen and oxygen atoms in total. The summed E-state index contributed by atoms with van der Waals surface area (Å²) in [6.07, 6.45) is 5.51. The number of para-hydroxylation sites is 1. The second-order valence-corrected chi connectivity index (χ2v) is 10.2. The summed E-state index contributed by atoms with van der Waals surface area (Å²) >= 11 is 0. The first-order chi connectivity index (χ1) is 13.4. The summed E-state index contributed by atoms with van der Waals surface area (Å²) in [6, 6.07) is 8.02. The van der Waals surface area contributed by atoms with Crippen molar-refractivity contribution in [3.05, 3.63) is 36.0 Å². The van der Waals surface area contributed by atoms with Crippen LogP contribution in [0.3, 0.4) is 0 Å². The third-order valence-corrected chi connectivity index (χ3v) is 7.24. The molecule has 1 amide bonds. The van der Waals surface area contributed by atoms with E-state index in [1.807, 2.05) is 37.3 Å². The van der Waals surface area contributed by atoms with Gasteiger partial charge in [-0.05, 0) is 58.0 Å². The number of aryl methyl sites for hydroxylation is 1. The number of hydrogen-bond donors (Lipinski definition) is 1. The van der Waals surface area contributed by atoms with Crippen LogP contribution in [0.15, 0.2) is 30.5 Å². The SMILES string of the molecule is CN(C)CCCN(C(=O)CCCc1c[nH]c2ccccc12)C1CCS(=O)(=O)C1. The molecule has 28 heavy (non-hydrogen) atoms. The smallest absolute Gasteiger partial charge is 0.222 e. The van der Waals surface area contributed by atoms with E-state index in [0.717, 1.165) is 31.3 Å². The lowest BCUT2D eigenvalue weighted by Crippen LogP contribution is -2.42. The minimum atomic E-state index is -3.00. The van der Waals surface area contributed by atoms with Gasteiger partial charge in [-0.25, -0.2) is 8.42 Å². The summed E-state index contributed by atoms with van der Waals surface area (Å²) in [5.74, 6) is 0.397. The van der Waals surface area contributed by atoms with Gasteiger partial charge in [0, 0.05) is 36.1 Å². The van der Waals surface area contributed by atoms with Gasteiger partial charge in [0.2, 0.25) is 5.91 Å². The van der Waals surface area contributed by atoms with E-state index >= 15 is 0 Å². The number of carbonyl (C=O) groups is 1. The largest absolute Gasteiger partial charge is 0.361 e. The lowest BCUT2D eigenvalue weighted by Gasteiger charge is -2.29. The Labute approximate surface area is 167 Å². The maximum absolute atomic E-state index is 12.9. The van der Waals surface area contributed by atoms with Crippen molar-refractivity contribution in [2.24, 2.45) is 0 Å². The highest BCUT2D eigenvalue weighted by Crippen LogP contribution is 2.22. The normalized spacial score (nSPS) is 18.8. The second kappa shape index (κ2) is 9.09. The van der Waals surface area contributed by atoms with E-state index in [1.165, 1.54) is 10.9 Å². The molecule has 1 aromatic carbocycles. The maximum atomic E-state index is 12.9. The number of nitrogens with one attached hydrogen (secondary N) is 1. The number of amides is 1. The van der Waals surface area contributed by atoms with Gasteiger partial charge in [0.25, 0.3) is 0 Å². The van der Waals surface area contributed by atoms with Crippen LogP contribution in [0.4, 0.5) is 0 Å². The van der Waals surface area contributed by atoms with E-state index < -0.39 is 9.84 Å². The van der Waals surface area contributed by atoms with Crippen molar-refractivity contribution in [3.8, 4) is 0 Å². The van der Waals surface area contributed by atoms with E-state index in [9.17, 15) is 13.2 Å². The molecule has 0 radical (unpaired) electrons. The monoisotopic (exact) mass is 405 g/mol. The van der Waals surface area contributed by atoms with Gasteiger partial charge in [-0.15, -0.1) is 0 Å². The van der Waals surface area contributed by atoms with Gasteiger partial charge >= 0.3 is 0 Å². The second-order valence-electron chi connectivity index (χ2n) is 8.01. The molecule has 0 spiro atoms. The molecule has 1 aliphatic rings. The topological polar surface area (TPSA) is 73.5 Å². The van der Waals surface area contributed by atoms with Crippen LogP contribution in [0.2, 0.25) is 0 Å². The van der Waals surface area contributed by atoms with Crippen molar-refractivity contribution in [3.63, 3.8) is 0 Å². The predicted octanol–water partition coefficient (Wildman–Crippen LogP) is 2.46. The van der Waals surface area contributed by atoms with E-state index in [-0.39, 0.29) is 23.5 Å². The van der Waals surface area contributed by atoms with E-state index in [0.29, 0.717) is 19.4 Å². The van der Waals surface area contributed by atoms with Gasteiger partial charge in [-0.2, -0.15) is 0 Å². The van der Waals surface area contributed by atoms with E-state index in [2.05, 4.69) is 22.0 Å². The molecular weight excluding hydrogens is 374 g/mol. The molecule has 1 atom stereocenters. The van der Waals surface area contributed by atoms with Crippen molar-refractivity contribution in [2.75, 3.05) is 38.7 Å². The van der Waals surface area contributed by atoms with Gasteiger partial charge in [-0.3, -0.25) is 4.79 Å². The minimum absolute atomic E-state index is 0.0840. The summed E-state index contributed by atoms with van der Waals surface area (Å²) in [5, 5.41) is 1.21. The molecule has 1 N–H and O–H groups in total. The molecule has 1 aliphatic heterocycles. The third kappa shape index (κ3) is 5.35. The fraction of sp³-hybridized carbons (Fsp3) is 0.571. The van der Waals surface area contributed by atoms with Gasteiger partial charge < -0.3 is 14.8 Å². The zero-order chi connectivity index (χ0) is 20.1. The fourth-order valence-electron chi connectivity index (χ4n) is 4.00. The first-order valence-corrected chi connectivity index (χ1v) is 11.9. The highest BCUT2D eigenvalue weighted by molar-refractivity contribution is 7.91. The van der Waals surface area contributed by atoms with Crippen LogP contribution < -0.4 is 0 Å². The number of rotatable bonds is 9. The Kier molecular flexibility index (Phi) is 6.78. The Morgan fingerprint density at radius 1 is 1.18 bits per heavy atom. The Balaban J connectivity index is 1.58. The van der Waals surface area contributed by atoms with Crippen LogP contribution in [0.25, 0.3) is 10.9 Å². The van der Waals surface area contributed by atoms with Crippen LogP contribution in [0.1, 0.15) is 31.2 Å². The number of carbonyl (C=O) groups excluding carboxylic acids is 1. The van der Waals surface area contributed by atoms with Gasteiger partial charge in [0.1, 0.15) is 0 Å². The molecule has 0 saturated carbocycles. The molecule has 0 bridgehead atoms. The van der Waals surface area contributed by atoms with Crippen molar-refractivity contribution >= 4 is 26.6 Å². The number of nitrogens with zero attached hydrogens (tertiary/aromatic N) is 2. The zero-order valence-electron chi connectivity index (χ0n) is 16.9. The first kappa shape index (κ1) is 20.9. The summed E-state index contributed by atoms with van der Waals surface area (Å²) < 4.78 is 23.8. The average molecular weight is 406 g/mol. The van der Waals surface area contributed by atoms with Crippen molar-refractivity contribution in [2.45, 2.75) is 38.1 Å². The molecule has 3 rings (SSSR count). The molecule has 0 aliphatic carbocycles. The Morgan fingerprint density at radius 3 is 2.68 bits per heavy atom. The number of fused-ring (bicyclic) bond motifs is 1. The molecule has 1 unspecified atom stereocenters. The third-order valence-electron chi connectivity index (χ3n) is 5.49. The summed E-state index contributed by atoms with van der Waals surface area (Å²) in [7, 11) is 1.01. The van der Waals surface area contributed by atoms with Gasteiger partial charge in [0.05, 0.1) is 11.5 Å². The number of hydrogen-bond acceptors (Lipinski definition) is 4. The van der Waals surface area contributed by atoms with Crippen LogP contribution in [0, 0.1) is 0 Å². The zero-order valence-corrected chi connectivity index (χ0v) is 17.7. The van der Waals surface area contributed by atoms with Crippen LogP contribution >= 0.6 is 0 Å². The molecule has 1 fully saturated rings. The number of aromatic amines is 1. The standard InChI is InChI=1S/C21H31N3O3S/c1-23(2)12-6-13-24(18-11-14-28(26,27)16-18)21(25)10-5-7-17-15-22-20-9-4-3-8-19(17)20/h3-4,8-9,15,18,22H,5-7,10-14,16H2,1-2H3. The first-order valence-electron chi connectivity index (χ1n) is 10.1. The molecule has 7 heteroatoms. The summed E-state index contributed by atoms with van der Waals surface area (Å²) in [4.78, 5) is 20.1. The van der Waals surface area contributed by atoms with E-state index in [4.69, 9.17) is 0 Å². The van der Waals surface area contributed by atoms with Gasteiger partial charge in [0.15, 0.2) is 9.84 Å². The lowest BCUT2D eigenvalue weighted by atomic mass is 10.1. The number of H-pyrrole nitrogens is 1. The summed E-state index contributed by atoms with van der Waals surface area (Å²) in [5.41, 5.74) is 2.34. The Bertz CT molecular complexity index is 905. The minimum Gasteiger partial charge on any atom is -0.361 e. The Morgan fingerprint density at radius 2 is 1.96 bits per heavy atom. The molecule has 154 valence electrons. The highest BCUT2D eigenvalue weighted by atomic mass is 32.2. The van der Waals surface area contributed by atoms with Crippen molar-refractivity contribution in [1.82, 2.24) is 14.8 Å². The molecular formula is C21H31N3O3S. The number of sulfone groups is 1. The fourth-order valence-corrected chi connectivity index (χ4v) is 5.73. The van der Waals surface area contributed by atoms with Gasteiger partial charge in [-0.1, -0.05) is 18.2 Å². The van der Waals surface area contributed by atoms with E-state index in [1.54, 1.807) is 0 Å². The van der Waals surface area contributed by atoms with Crippen LogP contribution in [0.5, 0.6) is 0 Å². The van der Waals surface area contributed by atoms with Crippen LogP contribution in [-0.2, 0) is 21.1 Å². The molecule has 1 aromatic heterocycles. The predicted molar refractivity (Wildman–Crippen MR) is 113 cm³/mol. The molecule has 2 aromatic rings. The number of benzene rings is 1. The quantitative estimate of drug-likeness (QED) is 0.696. The van der Waals surface area contributed by atoms with Crippen molar-refractivity contribution in [1.29, 1.82) is 0 Å². The Hall–Kier alpha value is -1.86. The number of aromatic nitrogens is 1. The molecule has 1 saturated heterocycles. The van der Waals surface area contributed by atoms with Crippen molar-refractivity contribution < 1.29 is 13.2 Å². The highest BCUT2D eigenvalue weighted by Gasteiger charge is 2.34. The lowest BCUT2D eigenvalue weighted by molar-refractivity contribution is -0.133.